The molecule has 7 nitrogen and oxygen atoms in total. The standard InChI is InChI=1S/C23H27N3O4/c1-16(18-7-6-17-4-2-3-5-19(17)14-18)24-23(27)21-15-20(26(28)29)8-9-22(21)25-10-12-30-13-11-25/h6-9,14-16H,2-5,10-13H2,1H3,(H,24,27). The van der Waals surface area contributed by atoms with E-state index in [9.17, 15) is 14.9 Å². The largest absolute Gasteiger partial charge is 0.378 e. The number of carbonyl (C=O) groups is 1. The summed E-state index contributed by atoms with van der Waals surface area (Å²) >= 11 is 0. The quantitative estimate of drug-likeness (QED) is 0.600. The molecule has 1 unspecified atom stereocenters. The van der Waals surface area contributed by atoms with Gasteiger partial charge in [-0.3, -0.25) is 14.9 Å². The normalized spacial score (nSPS) is 17.2. The fourth-order valence-electron chi connectivity index (χ4n) is 4.28. The minimum absolute atomic E-state index is 0.0846. The summed E-state index contributed by atoms with van der Waals surface area (Å²) in [5.41, 5.74) is 4.77. The van der Waals surface area contributed by atoms with Gasteiger partial charge < -0.3 is 15.0 Å². The number of nitrogens with one attached hydrogen (secondary N) is 1. The topological polar surface area (TPSA) is 84.7 Å². The number of benzene rings is 2. The number of rotatable bonds is 5. The Balaban J connectivity index is 1.58. The van der Waals surface area contributed by atoms with Gasteiger partial charge in [0.15, 0.2) is 0 Å². The molecule has 1 aliphatic heterocycles. The Hall–Kier alpha value is -2.93. The van der Waals surface area contributed by atoms with Crippen LogP contribution in [-0.2, 0) is 17.6 Å². The molecule has 1 heterocycles. The second kappa shape index (κ2) is 8.83. The van der Waals surface area contributed by atoms with Crippen LogP contribution in [0.5, 0.6) is 0 Å². The van der Waals surface area contributed by atoms with E-state index in [4.69, 9.17) is 4.74 Å². The molecule has 1 atom stereocenters. The van der Waals surface area contributed by atoms with Crippen LogP contribution in [0, 0.1) is 10.1 Å². The first-order valence-electron chi connectivity index (χ1n) is 10.6. The highest BCUT2D eigenvalue weighted by molar-refractivity contribution is 6.00. The molecule has 0 aromatic heterocycles. The van der Waals surface area contributed by atoms with Gasteiger partial charge in [0.05, 0.1) is 35.4 Å². The molecule has 1 amide bonds. The molecular formula is C23H27N3O4. The third-order valence-corrected chi connectivity index (χ3v) is 6.01. The number of aryl methyl sites for hydroxylation is 2. The molecule has 1 saturated heterocycles. The molecule has 0 radical (unpaired) electrons. The van der Waals surface area contributed by atoms with Gasteiger partial charge in [-0.2, -0.15) is 0 Å². The van der Waals surface area contributed by atoms with Crippen LogP contribution in [0.4, 0.5) is 11.4 Å². The average molecular weight is 409 g/mol. The number of anilines is 1. The number of hydrogen-bond acceptors (Lipinski definition) is 5. The van der Waals surface area contributed by atoms with E-state index in [-0.39, 0.29) is 17.6 Å². The number of non-ortho nitro benzene ring substituents is 1. The van der Waals surface area contributed by atoms with Crippen molar-refractivity contribution in [3.63, 3.8) is 0 Å². The predicted octanol–water partition coefficient (Wildman–Crippen LogP) is 3.80. The van der Waals surface area contributed by atoms with E-state index < -0.39 is 4.92 Å². The first-order valence-corrected chi connectivity index (χ1v) is 10.6. The van der Waals surface area contributed by atoms with Crippen LogP contribution in [0.2, 0.25) is 0 Å². The predicted molar refractivity (Wildman–Crippen MR) is 115 cm³/mol. The maximum Gasteiger partial charge on any atom is 0.270 e. The van der Waals surface area contributed by atoms with Gasteiger partial charge >= 0.3 is 0 Å². The number of carbonyl (C=O) groups excluding carboxylic acids is 1. The Bertz CT molecular complexity index is 953. The lowest BCUT2D eigenvalue weighted by molar-refractivity contribution is -0.384. The Morgan fingerprint density at radius 2 is 1.83 bits per heavy atom. The zero-order valence-electron chi connectivity index (χ0n) is 17.2. The lowest BCUT2D eigenvalue weighted by atomic mass is 9.89. The van der Waals surface area contributed by atoms with E-state index in [0.717, 1.165) is 18.4 Å². The second-order valence-electron chi connectivity index (χ2n) is 7.99. The van der Waals surface area contributed by atoms with Gasteiger partial charge in [-0.15, -0.1) is 0 Å². The van der Waals surface area contributed by atoms with Gasteiger partial charge in [0, 0.05) is 25.2 Å². The Morgan fingerprint density at radius 3 is 2.57 bits per heavy atom. The monoisotopic (exact) mass is 409 g/mol. The lowest BCUT2D eigenvalue weighted by Crippen LogP contribution is -2.38. The Morgan fingerprint density at radius 1 is 1.10 bits per heavy atom. The van der Waals surface area contributed by atoms with Gasteiger partial charge in [0.25, 0.3) is 11.6 Å². The van der Waals surface area contributed by atoms with Crippen molar-refractivity contribution in [2.45, 2.75) is 38.6 Å². The molecule has 30 heavy (non-hydrogen) atoms. The minimum atomic E-state index is -0.465. The Labute approximate surface area is 176 Å². The second-order valence-corrected chi connectivity index (χ2v) is 7.99. The van der Waals surface area contributed by atoms with E-state index in [1.807, 2.05) is 11.8 Å². The number of fused-ring (bicyclic) bond motifs is 1. The third kappa shape index (κ3) is 4.31. The van der Waals surface area contributed by atoms with Crippen LogP contribution in [0.25, 0.3) is 0 Å². The van der Waals surface area contributed by atoms with Gasteiger partial charge in [0.2, 0.25) is 0 Å². The summed E-state index contributed by atoms with van der Waals surface area (Å²) in [6.45, 7) is 4.40. The van der Waals surface area contributed by atoms with Crippen LogP contribution in [0.3, 0.4) is 0 Å². The van der Waals surface area contributed by atoms with Gasteiger partial charge in [-0.25, -0.2) is 0 Å². The molecule has 2 aromatic rings. The van der Waals surface area contributed by atoms with Crippen LogP contribution in [0.15, 0.2) is 36.4 Å². The number of nitro benzene ring substituents is 1. The smallest absolute Gasteiger partial charge is 0.270 e. The van der Waals surface area contributed by atoms with Crippen molar-refractivity contribution in [2.24, 2.45) is 0 Å². The van der Waals surface area contributed by atoms with Crippen molar-refractivity contribution in [3.8, 4) is 0 Å². The Kier molecular flexibility index (Phi) is 5.99. The molecule has 2 aliphatic rings. The van der Waals surface area contributed by atoms with Crippen molar-refractivity contribution in [1.82, 2.24) is 5.32 Å². The van der Waals surface area contributed by atoms with Crippen molar-refractivity contribution in [1.29, 1.82) is 0 Å². The maximum atomic E-state index is 13.2. The number of nitrogens with zero attached hydrogens (tertiary/aromatic N) is 2. The van der Waals surface area contributed by atoms with Crippen molar-refractivity contribution >= 4 is 17.3 Å². The van der Waals surface area contributed by atoms with Crippen molar-refractivity contribution in [2.75, 3.05) is 31.2 Å². The fraction of sp³-hybridized carbons (Fsp3) is 0.435. The summed E-state index contributed by atoms with van der Waals surface area (Å²) in [7, 11) is 0. The fourth-order valence-corrected chi connectivity index (χ4v) is 4.28. The molecule has 158 valence electrons. The van der Waals surface area contributed by atoms with E-state index in [0.29, 0.717) is 37.6 Å². The number of ether oxygens (including phenoxy) is 1. The average Bonchev–Trinajstić information content (AvgIpc) is 2.78. The van der Waals surface area contributed by atoms with Crippen molar-refractivity contribution in [3.05, 3.63) is 68.8 Å². The molecule has 1 fully saturated rings. The molecular weight excluding hydrogens is 382 g/mol. The third-order valence-electron chi connectivity index (χ3n) is 6.01. The summed E-state index contributed by atoms with van der Waals surface area (Å²) in [4.78, 5) is 26.0. The summed E-state index contributed by atoms with van der Waals surface area (Å²) in [5.74, 6) is -0.301. The molecule has 0 saturated carbocycles. The van der Waals surface area contributed by atoms with Crippen molar-refractivity contribution < 1.29 is 14.5 Å². The summed E-state index contributed by atoms with van der Waals surface area (Å²) < 4.78 is 5.40. The molecule has 2 aromatic carbocycles. The molecule has 0 spiro atoms. The molecule has 7 heteroatoms. The van der Waals surface area contributed by atoms with Crippen LogP contribution >= 0.6 is 0 Å². The van der Waals surface area contributed by atoms with Crippen LogP contribution in [0.1, 0.15) is 52.9 Å². The first kappa shape index (κ1) is 20.3. The SMILES string of the molecule is CC(NC(=O)c1cc([N+](=O)[O-])ccc1N1CCOCC1)c1ccc2c(c1)CCCC2. The number of morpholine rings is 1. The van der Waals surface area contributed by atoms with Gasteiger partial charge in [-0.1, -0.05) is 18.2 Å². The molecule has 1 N–H and O–H groups in total. The minimum Gasteiger partial charge on any atom is -0.378 e. The molecule has 0 bridgehead atoms. The highest BCUT2D eigenvalue weighted by Gasteiger charge is 2.23. The number of hydrogen-bond donors (Lipinski definition) is 1. The highest BCUT2D eigenvalue weighted by atomic mass is 16.6. The van der Waals surface area contributed by atoms with Crippen LogP contribution < -0.4 is 10.2 Å². The zero-order valence-corrected chi connectivity index (χ0v) is 17.2. The van der Waals surface area contributed by atoms with E-state index in [1.165, 1.54) is 36.1 Å². The molecule has 1 aliphatic carbocycles. The highest BCUT2D eigenvalue weighted by Crippen LogP contribution is 2.28. The van der Waals surface area contributed by atoms with E-state index >= 15 is 0 Å². The summed E-state index contributed by atoms with van der Waals surface area (Å²) in [6.07, 6.45) is 4.63. The molecule has 4 rings (SSSR count). The number of amides is 1. The van der Waals surface area contributed by atoms with E-state index in [2.05, 4.69) is 23.5 Å². The van der Waals surface area contributed by atoms with Crippen LogP contribution in [-0.4, -0.2) is 37.1 Å². The van der Waals surface area contributed by atoms with Gasteiger partial charge in [-0.05, 0) is 55.4 Å². The summed E-state index contributed by atoms with van der Waals surface area (Å²) in [5, 5.41) is 14.3. The zero-order chi connectivity index (χ0) is 21.1. The maximum absolute atomic E-state index is 13.2. The summed E-state index contributed by atoms with van der Waals surface area (Å²) in [6, 6.07) is 10.7. The lowest BCUT2D eigenvalue weighted by Gasteiger charge is -2.30. The van der Waals surface area contributed by atoms with Gasteiger partial charge in [0.1, 0.15) is 0 Å². The van der Waals surface area contributed by atoms with E-state index in [1.54, 1.807) is 6.07 Å². The number of nitro groups is 1. The first-order chi connectivity index (χ1) is 14.5.